The van der Waals surface area contributed by atoms with Crippen LogP contribution in [0, 0.1) is 17.4 Å². The lowest BCUT2D eigenvalue weighted by molar-refractivity contribution is 0.0762. The monoisotopic (exact) mass is 433 g/mol. The van der Waals surface area contributed by atoms with E-state index in [1.54, 1.807) is 29.1 Å². The highest BCUT2D eigenvalue weighted by Gasteiger charge is 2.54. The van der Waals surface area contributed by atoms with E-state index in [1.807, 2.05) is 30.5 Å². The molecular formula is C22H19N5OS2. The highest BCUT2D eigenvalue weighted by molar-refractivity contribution is 7.99. The molecule has 1 amide bonds. The number of pyridine rings is 1. The number of likely N-dealkylation sites (tertiary alicyclic amines) is 1. The summed E-state index contributed by atoms with van der Waals surface area (Å²) in [5.74, 6) is 0.205. The lowest BCUT2D eigenvalue weighted by Gasteiger charge is -2.44. The summed E-state index contributed by atoms with van der Waals surface area (Å²) in [6, 6.07) is 12.1. The van der Waals surface area contributed by atoms with E-state index in [0.717, 1.165) is 39.6 Å². The Morgan fingerprint density at radius 2 is 2.17 bits per heavy atom. The number of benzene rings is 1. The molecule has 1 N–H and O–H groups in total. The molecule has 1 aliphatic heterocycles. The van der Waals surface area contributed by atoms with Gasteiger partial charge in [0.1, 0.15) is 0 Å². The van der Waals surface area contributed by atoms with E-state index in [-0.39, 0.29) is 11.4 Å². The number of thiazole rings is 1. The Bertz CT molecular complexity index is 1130. The van der Waals surface area contributed by atoms with Crippen molar-refractivity contribution in [3.8, 4) is 16.6 Å². The summed E-state index contributed by atoms with van der Waals surface area (Å²) in [6.45, 7) is 1.33. The first-order valence-corrected chi connectivity index (χ1v) is 11.4. The van der Waals surface area contributed by atoms with E-state index >= 15 is 0 Å². The van der Waals surface area contributed by atoms with E-state index in [2.05, 4.69) is 33.6 Å². The van der Waals surface area contributed by atoms with Gasteiger partial charge < -0.3 is 10.2 Å². The van der Waals surface area contributed by atoms with Crippen molar-refractivity contribution in [3.05, 3.63) is 60.0 Å². The van der Waals surface area contributed by atoms with Crippen molar-refractivity contribution in [1.82, 2.24) is 20.2 Å². The first-order chi connectivity index (χ1) is 14.7. The SMILES string of the molecule is N#CN1CC2CC[C@]2(NC(=O)c2ncc(-c3ccncc3Sc3ccccc3)s2)C1. The average molecular weight is 434 g/mol. The van der Waals surface area contributed by atoms with Gasteiger partial charge in [0.05, 0.1) is 17.0 Å². The van der Waals surface area contributed by atoms with Crippen molar-refractivity contribution >= 4 is 29.0 Å². The summed E-state index contributed by atoms with van der Waals surface area (Å²) in [4.78, 5) is 26.4. The summed E-state index contributed by atoms with van der Waals surface area (Å²) < 4.78 is 0. The summed E-state index contributed by atoms with van der Waals surface area (Å²) >= 11 is 3.03. The lowest BCUT2D eigenvalue weighted by atomic mass is 9.69. The van der Waals surface area contributed by atoms with Gasteiger partial charge in [0.15, 0.2) is 11.2 Å². The van der Waals surface area contributed by atoms with Gasteiger partial charge in [-0.2, -0.15) is 5.26 Å². The second-order valence-electron chi connectivity index (χ2n) is 7.64. The van der Waals surface area contributed by atoms with Crippen LogP contribution in [0.4, 0.5) is 0 Å². The van der Waals surface area contributed by atoms with Crippen LogP contribution in [0.5, 0.6) is 0 Å². The maximum absolute atomic E-state index is 12.9. The van der Waals surface area contributed by atoms with Crippen LogP contribution in [0.1, 0.15) is 22.6 Å². The van der Waals surface area contributed by atoms with E-state index in [9.17, 15) is 10.1 Å². The zero-order valence-electron chi connectivity index (χ0n) is 16.1. The molecule has 1 saturated heterocycles. The van der Waals surface area contributed by atoms with E-state index in [4.69, 9.17) is 0 Å². The topological polar surface area (TPSA) is 81.9 Å². The van der Waals surface area contributed by atoms with Crippen LogP contribution in [0.2, 0.25) is 0 Å². The van der Waals surface area contributed by atoms with Gasteiger partial charge >= 0.3 is 0 Å². The Morgan fingerprint density at radius 1 is 1.30 bits per heavy atom. The molecule has 3 aromatic rings. The number of hydrogen-bond donors (Lipinski definition) is 1. The normalized spacial score (nSPS) is 22.1. The molecule has 1 aromatic carbocycles. The second kappa shape index (κ2) is 7.74. The number of nitriles is 1. The fourth-order valence-electron chi connectivity index (χ4n) is 4.19. The van der Waals surface area contributed by atoms with Gasteiger partial charge in [0.2, 0.25) is 0 Å². The first-order valence-electron chi connectivity index (χ1n) is 9.77. The quantitative estimate of drug-likeness (QED) is 0.612. The van der Waals surface area contributed by atoms with Gasteiger partial charge in [0, 0.05) is 46.4 Å². The summed E-state index contributed by atoms with van der Waals surface area (Å²) in [5, 5.41) is 12.8. The molecular weight excluding hydrogens is 414 g/mol. The number of nitrogens with zero attached hydrogens (tertiary/aromatic N) is 4. The maximum Gasteiger partial charge on any atom is 0.280 e. The molecule has 0 radical (unpaired) electrons. The molecule has 3 heterocycles. The largest absolute Gasteiger partial charge is 0.342 e. The number of carbonyl (C=O) groups is 1. The highest BCUT2D eigenvalue weighted by Crippen LogP contribution is 2.44. The summed E-state index contributed by atoms with van der Waals surface area (Å²) in [6.07, 6.45) is 9.56. The molecule has 1 unspecified atom stereocenters. The Morgan fingerprint density at radius 3 is 2.93 bits per heavy atom. The molecule has 2 atom stereocenters. The van der Waals surface area contributed by atoms with Crippen LogP contribution >= 0.6 is 23.1 Å². The fraction of sp³-hybridized carbons (Fsp3) is 0.273. The van der Waals surface area contributed by atoms with Crippen LogP contribution in [-0.4, -0.2) is 39.4 Å². The number of fused-ring (bicyclic) bond motifs is 1. The molecule has 2 aliphatic rings. The van der Waals surface area contributed by atoms with Gasteiger partial charge in [-0.25, -0.2) is 4.98 Å². The molecule has 2 fully saturated rings. The number of hydrogen-bond acceptors (Lipinski definition) is 7. The van der Waals surface area contributed by atoms with Gasteiger partial charge in [0.25, 0.3) is 5.91 Å². The molecule has 0 spiro atoms. The molecule has 5 rings (SSSR count). The van der Waals surface area contributed by atoms with Gasteiger partial charge in [-0.05, 0) is 31.0 Å². The number of aromatic nitrogens is 2. The van der Waals surface area contributed by atoms with Crippen LogP contribution in [0.3, 0.4) is 0 Å². The van der Waals surface area contributed by atoms with Crippen molar-refractivity contribution in [1.29, 1.82) is 5.26 Å². The van der Waals surface area contributed by atoms with Crippen LogP contribution < -0.4 is 5.32 Å². The Hall–Kier alpha value is -2.89. The summed E-state index contributed by atoms with van der Waals surface area (Å²) in [5.41, 5.74) is 0.746. The van der Waals surface area contributed by atoms with Crippen molar-refractivity contribution in [3.63, 3.8) is 0 Å². The van der Waals surface area contributed by atoms with Gasteiger partial charge in [-0.15, -0.1) is 11.3 Å². The molecule has 6 nitrogen and oxygen atoms in total. The summed E-state index contributed by atoms with van der Waals surface area (Å²) in [7, 11) is 0. The third-order valence-electron chi connectivity index (χ3n) is 5.86. The second-order valence-corrected chi connectivity index (χ2v) is 9.79. The standard InChI is InChI=1S/C22H19N5OS2/c23-14-27-12-15-6-8-22(15,13-27)26-20(28)21-25-11-19(30-21)17-7-9-24-10-18(17)29-16-4-2-1-3-5-16/h1-5,7,9-11,15H,6,8,12-13H2,(H,26,28)/t15?,22-/m0/s1. The smallest absolute Gasteiger partial charge is 0.280 e. The van der Waals surface area contributed by atoms with Crippen molar-refractivity contribution < 1.29 is 4.79 Å². The number of carbonyl (C=O) groups excluding carboxylic acids is 1. The van der Waals surface area contributed by atoms with E-state index < -0.39 is 0 Å². The van der Waals surface area contributed by atoms with Crippen molar-refractivity contribution in [2.75, 3.05) is 13.1 Å². The number of amides is 1. The molecule has 0 bridgehead atoms. The van der Waals surface area contributed by atoms with Crippen LogP contribution in [0.25, 0.3) is 10.4 Å². The Kier molecular flexibility index (Phi) is 4.93. The van der Waals surface area contributed by atoms with Crippen LogP contribution in [-0.2, 0) is 0 Å². The van der Waals surface area contributed by atoms with E-state index in [0.29, 0.717) is 17.5 Å². The van der Waals surface area contributed by atoms with E-state index in [1.165, 1.54) is 11.3 Å². The minimum atomic E-state index is -0.274. The molecule has 150 valence electrons. The Labute approximate surface area is 183 Å². The number of nitrogens with one attached hydrogen (secondary N) is 1. The molecule has 2 aromatic heterocycles. The minimum absolute atomic E-state index is 0.151. The zero-order chi connectivity index (χ0) is 20.6. The highest BCUT2D eigenvalue weighted by atomic mass is 32.2. The minimum Gasteiger partial charge on any atom is -0.342 e. The predicted molar refractivity (Wildman–Crippen MR) is 116 cm³/mol. The molecule has 1 saturated carbocycles. The maximum atomic E-state index is 12.9. The zero-order valence-corrected chi connectivity index (χ0v) is 17.7. The van der Waals surface area contributed by atoms with Crippen molar-refractivity contribution in [2.45, 2.75) is 28.2 Å². The van der Waals surface area contributed by atoms with Crippen molar-refractivity contribution in [2.24, 2.45) is 5.92 Å². The van der Waals surface area contributed by atoms with Gasteiger partial charge in [-0.1, -0.05) is 30.0 Å². The van der Waals surface area contributed by atoms with Gasteiger partial charge in [-0.3, -0.25) is 9.78 Å². The predicted octanol–water partition coefficient (Wildman–Crippen LogP) is 4.03. The third-order valence-corrected chi connectivity index (χ3v) is 7.94. The Balaban J connectivity index is 1.35. The fourth-order valence-corrected chi connectivity index (χ4v) is 6.05. The molecule has 8 heteroatoms. The van der Waals surface area contributed by atoms with Crippen LogP contribution in [0.15, 0.2) is 64.8 Å². The average Bonchev–Trinajstić information content (AvgIpc) is 3.34. The third kappa shape index (κ3) is 3.44. The molecule has 30 heavy (non-hydrogen) atoms. The number of rotatable bonds is 5. The lowest BCUT2D eigenvalue weighted by Crippen LogP contribution is -2.60. The molecule has 1 aliphatic carbocycles. The first kappa shape index (κ1) is 19.1.